The minimum absolute atomic E-state index is 0.0557. The molecule has 3 atom stereocenters. The minimum Gasteiger partial charge on any atom is -0.480 e. The van der Waals surface area contributed by atoms with Crippen molar-refractivity contribution in [2.45, 2.75) is 37.9 Å². The molecule has 100 valence electrons. The molecule has 0 aromatic heterocycles. The molecule has 0 heterocycles. The monoisotopic (exact) mass is 251 g/mol. The highest BCUT2D eigenvalue weighted by molar-refractivity contribution is 5.73. The van der Waals surface area contributed by atoms with Gasteiger partial charge in [-0.25, -0.2) is 0 Å². The fourth-order valence-electron chi connectivity index (χ4n) is 1.78. The first-order valence-electron chi connectivity index (χ1n) is 5.98. The molecule has 0 bridgehead atoms. The molecule has 5 nitrogen and oxygen atoms in total. The van der Waals surface area contributed by atoms with E-state index in [4.69, 9.17) is 22.3 Å². The van der Waals surface area contributed by atoms with Crippen LogP contribution in [0, 0.1) is 0 Å². The summed E-state index contributed by atoms with van der Waals surface area (Å²) >= 11 is 0. The van der Waals surface area contributed by atoms with Gasteiger partial charge >= 0.3 is 5.97 Å². The van der Waals surface area contributed by atoms with Crippen LogP contribution in [-0.2, 0) is 11.2 Å². The van der Waals surface area contributed by atoms with E-state index in [9.17, 15) is 4.79 Å². The number of hydrogen-bond donors (Lipinski definition) is 4. The highest BCUT2D eigenvalue weighted by Gasteiger charge is 2.13. The van der Waals surface area contributed by atoms with Crippen LogP contribution in [0.15, 0.2) is 24.3 Å². The maximum Gasteiger partial charge on any atom is 0.320 e. The second kappa shape index (κ2) is 6.49. The van der Waals surface area contributed by atoms with Crippen LogP contribution in [0.1, 0.15) is 30.5 Å². The largest absolute Gasteiger partial charge is 0.480 e. The second-order valence-corrected chi connectivity index (χ2v) is 4.71. The van der Waals surface area contributed by atoms with E-state index >= 15 is 0 Å². The molecule has 3 unspecified atom stereocenters. The number of carbonyl (C=O) groups is 1. The molecule has 0 radical (unpaired) electrons. The molecule has 1 aromatic carbocycles. The summed E-state index contributed by atoms with van der Waals surface area (Å²) in [6.07, 6.45) is 1.03. The molecule has 0 aliphatic carbocycles. The molecule has 1 rings (SSSR count). The Morgan fingerprint density at radius 1 is 1.22 bits per heavy atom. The number of benzene rings is 1. The third-order valence-electron chi connectivity index (χ3n) is 2.81. The summed E-state index contributed by atoms with van der Waals surface area (Å²) in [5, 5.41) is 8.73. The quantitative estimate of drug-likeness (QED) is 0.583. The summed E-state index contributed by atoms with van der Waals surface area (Å²) in [6, 6.07) is 6.62. The van der Waals surface area contributed by atoms with Crippen LogP contribution in [0.2, 0.25) is 0 Å². The van der Waals surface area contributed by atoms with Crippen molar-refractivity contribution in [3.63, 3.8) is 0 Å². The Morgan fingerprint density at radius 2 is 1.78 bits per heavy atom. The van der Waals surface area contributed by atoms with Crippen molar-refractivity contribution >= 4 is 5.97 Å². The van der Waals surface area contributed by atoms with Crippen LogP contribution in [0.3, 0.4) is 0 Å². The zero-order valence-electron chi connectivity index (χ0n) is 10.5. The van der Waals surface area contributed by atoms with Gasteiger partial charge in [-0.05, 0) is 30.9 Å². The predicted octanol–water partition coefficient (Wildman–Crippen LogP) is 0.378. The fourth-order valence-corrected chi connectivity index (χ4v) is 1.78. The van der Waals surface area contributed by atoms with Gasteiger partial charge in [-0.15, -0.1) is 0 Å². The Morgan fingerprint density at radius 3 is 2.22 bits per heavy atom. The molecule has 0 saturated carbocycles. The van der Waals surface area contributed by atoms with E-state index in [1.807, 2.05) is 31.2 Å². The van der Waals surface area contributed by atoms with Crippen molar-refractivity contribution in [2.75, 3.05) is 0 Å². The number of rotatable bonds is 6. The van der Waals surface area contributed by atoms with Crippen molar-refractivity contribution in [1.29, 1.82) is 0 Å². The number of carboxylic acids is 1. The van der Waals surface area contributed by atoms with Crippen molar-refractivity contribution in [2.24, 2.45) is 17.2 Å². The lowest BCUT2D eigenvalue weighted by Crippen LogP contribution is -2.32. The van der Waals surface area contributed by atoms with Crippen LogP contribution in [0.4, 0.5) is 0 Å². The molecular weight excluding hydrogens is 230 g/mol. The van der Waals surface area contributed by atoms with Gasteiger partial charge in [0.15, 0.2) is 0 Å². The Bertz CT molecular complexity index is 390. The molecule has 0 amide bonds. The average molecular weight is 251 g/mol. The van der Waals surface area contributed by atoms with Gasteiger partial charge in [-0.2, -0.15) is 0 Å². The van der Waals surface area contributed by atoms with Crippen LogP contribution in [0.5, 0.6) is 0 Å². The summed E-state index contributed by atoms with van der Waals surface area (Å²) in [7, 11) is 0. The zero-order chi connectivity index (χ0) is 13.7. The maximum atomic E-state index is 10.6. The molecule has 0 spiro atoms. The third kappa shape index (κ3) is 4.44. The lowest BCUT2D eigenvalue weighted by atomic mass is 9.98. The summed E-state index contributed by atoms with van der Waals surface area (Å²) in [6.45, 7) is 1.92. The highest BCUT2D eigenvalue weighted by atomic mass is 16.4. The van der Waals surface area contributed by atoms with Crippen molar-refractivity contribution in [3.05, 3.63) is 35.4 Å². The van der Waals surface area contributed by atoms with E-state index in [0.29, 0.717) is 12.8 Å². The van der Waals surface area contributed by atoms with Gasteiger partial charge in [0, 0.05) is 12.1 Å². The summed E-state index contributed by atoms with van der Waals surface area (Å²) in [5.41, 5.74) is 19.1. The molecule has 5 heteroatoms. The van der Waals surface area contributed by atoms with Crippen LogP contribution < -0.4 is 17.2 Å². The minimum atomic E-state index is -0.993. The number of carboxylic acid groups (broad SMARTS) is 1. The first kappa shape index (κ1) is 14.6. The number of nitrogens with two attached hydrogens (primary N) is 3. The number of hydrogen-bond acceptors (Lipinski definition) is 4. The third-order valence-corrected chi connectivity index (χ3v) is 2.81. The molecule has 0 aliphatic rings. The van der Waals surface area contributed by atoms with Gasteiger partial charge in [0.1, 0.15) is 6.04 Å². The van der Waals surface area contributed by atoms with Gasteiger partial charge in [0.2, 0.25) is 0 Å². The lowest BCUT2D eigenvalue weighted by molar-refractivity contribution is -0.138. The maximum absolute atomic E-state index is 10.6. The molecule has 0 aliphatic heterocycles. The topological polar surface area (TPSA) is 115 Å². The SMILES string of the molecule is CC(N)CC(N)c1ccc(CC(N)C(=O)O)cc1. The Balaban J connectivity index is 2.65. The second-order valence-electron chi connectivity index (χ2n) is 4.71. The predicted molar refractivity (Wildman–Crippen MR) is 71.0 cm³/mol. The molecule has 0 saturated heterocycles. The van der Waals surface area contributed by atoms with E-state index in [2.05, 4.69) is 0 Å². The van der Waals surface area contributed by atoms with Crippen molar-refractivity contribution in [1.82, 2.24) is 0 Å². The van der Waals surface area contributed by atoms with Crippen LogP contribution >= 0.6 is 0 Å². The van der Waals surface area contributed by atoms with Gasteiger partial charge in [-0.3, -0.25) is 4.79 Å². The Labute approximate surface area is 107 Å². The first-order chi connectivity index (χ1) is 8.40. The van der Waals surface area contributed by atoms with E-state index in [-0.39, 0.29) is 12.1 Å². The Kier molecular flexibility index (Phi) is 5.27. The first-order valence-corrected chi connectivity index (χ1v) is 5.98. The summed E-state index contributed by atoms with van der Waals surface area (Å²) in [5.74, 6) is -0.993. The highest BCUT2D eigenvalue weighted by Crippen LogP contribution is 2.16. The van der Waals surface area contributed by atoms with E-state index in [1.54, 1.807) is 0 Å². The molecule has 18 heavy (non-hydrogen) atoms. The molecule has 7 N–H and O–H groups in total. The molecule has 1 aromatic rings. The zero-order valence-corrected chi connectivity index (χ0v) is 10.5. The van der Waals surface area contributed by atoms with Gasteiger partial charge < -0.3 is 22.3 Å². The van der Waals surface area contributed by atoms with Gasteiger partial charge in [-0.1, -0.05) is 24.3 Å². The van der Waals surface area contributed by atoms with E-state index in [0.717, 1.165) is 11.1 Å². The van der Waals surface area contributed by atoms with Gasteiger partial charge in [0.25, 0.3) is 0 Å². The number of aliphatic carboxylic acids is 1. The summed E-state index contributed by atoms with van der Waals surface area (Å²) < 4.78 is 0. The van der Waals surface area contributed by atoms with Crippen LogP contribution in [0.25, 0.3) is 0 Å². The smallest absolute Gasteiger partial charge is 0.320 e. The van der Waals surface area contributed by atoms with E-state index < -0.39 is 12.0 Å². The van der Waals surface area contributed by atoms with Crippen molar-refractivity contribution in [3.8, 4) is 0 Å². The molecule has 0 fully saturated rings. The normalized spacial score (nSPS) is 16.0. The Hall–Kier alpha value is -1.43. The van der Waals surface area contributed by atoms with Crippen LogP contribution in [-0.4, -0.2) is 23.2 Å². The lowest BCUT2D eigenvalue weighted by Gasteiger charge is -2.15. The summed E-state index contributed by atoms with van der Waals surface area (Å²) in [4.78, 5) is 10.6. The average Bonchev–Trinajstić information content (AvgIpc) is 2.28. The standard InChI is InChI=1S/C13H21N3O2/c1-8(14)6-11(15)10-4-2-9(3-5-10)7-12(16)13(17)18/h2-5,8,11-12H,6-7,14-16H2,1H3,(H,17,18). The van der Waals surface area contributed by atoms with E-state index in [1.165, 1.54) is 0 Å². The molecular formula is C13H21N3O2. The fraction of sp³-hybridized carbons (Fsp3) is 0.462. The van der Waals surface area contributed by atoms with Gasteiger partial charge in [0.05, 0.1) is 0 Å². The van der Waals surface area contributed by atoms with Crippen molar-refractivity contribution < 1.29 is 9.90 Å².